The highest BCUT2D eigenvalue weighted by molar-refractivity contribution is 9.09. The van der Waals surface area contributed by atoms with E-state index in [4.69, 9.17) is 4.74 Å². The van der Waals surface area contributed by atoms with Gasteiger partial charge in [-0.1, -0.05) is 15.9 Å². The third kappa shape index (κ3) is 2.34. The minimum atomic E-state index is -0.323. The maximum absolute atomic E-state index is 11.3. The predicted molar refractivity (Wildman–Crippen MR) is 51.9 cm³/mol. The zero-order valence-corrected chi connectivity index (χ0v) is 9.41. The van der Waals surface area contributed by atoms with Crippen molar-refractivity contribution in [1.82, 2.24) is 4.90 Å². The number of rotatable bonds is 1. The molecule has 0 aromatic heterocycles. The van der Waals surface area contributed by atoms with Gasteiger partial charge < -0.3 is 9.47 Å². The Bertz CT molecular complexity index is 188. The van der Waals surface area contributed by atoms with Gasteiger partial charge in [0.1, 0.15) is 6.23 Å². The molecule has 1 fully saturated rings. The normalized spacial score (nSPS) is 28.7. The average Bonchev–Trinajstić information content (AvgIpc) is 2.16. The molecule has 0 aromatic rings. The Morgan fingerprint density at radius 1 is 1.54 bits per heavy atom. The first-order valence-corrected chi connectivity index (χ1v) is 5.13. The molecular formula is C8H14BrNO3. The Labute approximate surface area is 86.3 Å². The van der Waals surface area contributed by atoms with E-state index in [1.165, 1.54) is 7.11 Å². The molecule has 0 radical (unpaired) electrons. The molecule has 5 heteroatoms. The van der Waals surface area contributed by atoms with Crippen molar-refractivity contribution < 1.29 is 14.3 Å². The molecule has 1 saturated heterocycles. The molecule has 76 valence electrons. The zero-order chi connectivity index (χ0) is 9.84. The third-order valence-corrected chi connectivity index (χ3v) is 3.06. The minimum absolute atomic E-state index is 0.199. The van der Waals surface area contributed by atoms with E-state index in [1.807, 2.05) is 0 Å². The van der Waals surface area contributed by atoms with Gasteiger partial charge >= 0.3 is 6.09 Å². The summed E-state index contributed by atoms with van der Waals surface area (Å²) in [7, 11) is 2.98. The van der Waals surface area contributed by atoms with Crippen LogP contribution in [0.5, 0.6) is 0 Å². The van der Waals surface area contributed by atoms with Crippen molar-refractivity contribution in [3.8, 4) is 0 Å². The molecule has 2 atom stereocenters. The van der Waals surface area contributed by atoms with Gasteiger partial charge in [0.2, 0.25) is 0 Å². The number of amides is 1. The molecule has 1 aliphatic heterocycles. The highest BCUT2D eigenvalue weighted by Gasteiger charge is 2.33. The number of methoxy groups -OCH3 is 2. The van der Waals surface area contributed by atoms with Crippen molar-refractivity contribution >= 4 is 22.0 Å². The number of hydrogen-bond acceptors (Lipinski definition) is 3. The van der Waals surface area contributed by atoms with Crippen molar-refractivity contribution in [2.75, 3.05) is 20.8 Å². The largest absolute Gasteiger partial charge is 0.453 e. The number of piperidine rings is 1. The topological polar surface area (TPSA) is 38.8 Å². The number of halogens is 1. The first kappa shape index (κ1) is 10.8. The van der Waals surface area contributed by atoms with Crippen molar-refractivity contribution in [2.24, 2.45) is 0 Å². The molecule has 1 heterocycles. The predicted octanol–water partition coefficient (Wildman–Crippen LogP) is 1.58. The van der Waals surface area contributed by atoms with Gasteiger partial charge in [0.05, 0.1) is 11.9 Å². The number of ether oxygens (including phenoxy) is 2. The van der Waals surface area contributed by atoms with Gasteiger partial charge in [-0.3, -0.25) is 4.90 Å². The Morgan fingerprint density at radius 2 is 2.23 bits per heavy atom. The van der Waals surface area contributed by atoms with Crippen LogP contribution < -0.4 is 0 Å². The smallest absolute Gasteiger partial charge is 0.411 e. The number of alkyl halides is 1. The number of carbonyl (C=O) groups is 1. The van der Waals surface area contributed by atoms with Crippen LogP contribution in [0.15, 0.2) is 0 Å². The summed E-state index contributed by atoms with van der Waals surface area (Å²) in [5.41, 5.74) is 0. The van der Waals surface area contributed by atoms with E-state index in [-0.39, 0.29) is 17.1 Å². The molecule has 1 aliphatic rings. The van der Waals surface area contributed by atoms with E-state index in [9.17, 15) is 4.79 Å². The van der Waals surface area contributed by atoms with Crippen molar-refractivity contribution in [3.63, 3.8) is 0 Å². The monoisotopic (exact) mass is 251 g/mol. The van der Waals surface area contributed by atoms with Gasteiger partial charge in [0.25, 0.3) is 0 Å². The van der Waals surface area contributed by atoms with Crippen LogP contribution in [0.3, 0.4) is 0 Å². The minimum Gasteiger partial charge on any atom is -0.453 e. The van der Waals surface area contributed by atoms with Crippen molar-refractivity contribution in [3.05, 3.63) is 0 Å². The fourth-order valence-corrected chi connectivity index (χ4v) is 2.33. The van der Waals surface area contributed by atoms with Crippen LogP contribution in [-0.2, 0) is 9.47 Å². The lowest BCUT2D eigenvalue weighted by atomic mass is 10.1. The molecule has 0 spiro atoms. The Balaban J connectivity index is 2.64. The molecular weight excluding hydrogens is 238 g/mol. The number of hydrogen-bond donors (Lipinski definition) is 0. The second-order valence-electron chi connectivity index (χ2n) is 2.95. The summed E-state index contributed by atoms with van der Waals surface area (Å²) in [5.74, 6) is 0. The lowest BCUT2D eigenvalue weighted by molar-refractivity contribution is -0.0398. The molecule has 1 rings (SSSR count). The molecule has 2 unspecified atom stereocenters. The molecule has 0 aromatic carbocycles. The molecule has 0 N–H and O–H groups in total. The summed E-state index contributed by atoms with van der Waals surface area (Å²) in [4.78, 5) is 13.1. The second-order valence-corrected chi connectivity index (χ2v) is 4.12. The lowest BCUT2D eigenvalue weighted by Crippen LogP contribution is -2.49. The van der Waals surface area contributed by atoms with E-state index in [1.54, 1.807) is 12.0 Å². The average molecular weight is 252 g/mol. The van der Waals surface area contributed by atoms with Gasteiger partial charge in [-0.15, -0.1) is 0 Å². The Morgan fingerprint density at radius 3 is 2.77 bits per heavy atom. The van der Waals surface area contributed by atoms with E-state index < -0.39 is 0 Å². The first-order valence-electron chi connectivity index (χ1n) is 4.22. The van der Waals surface area contributed by atoms with E-state index in [0.29, 0.717) is 6.54 Å². The third-order valence-electron chi connectivity index (χ3n) is 2.15. The van der Waals surface area contributed by atoms with Crippen LogP contribution in [0, 0.1) is 0 Å². The van der Waals surface area contributed by atoms with Gasteiger partial charge in [0.15, 0.2) is 0 Å². The van der Waals surface area contributed by atoms with Crippen LogP contribution in [0.4, 0.5) is 4.79 Å². The first-order chi connectivity index (χ1) is 6.20. The summed E-state index contributed by atoms with van der Waals surface area (Å²) in [6.07, 6.45) is 1.47. The van der Waals surface area contributed by atoms with Gasteiger partial charge in [-0.25, -0.2) is 4.79 Å². The zero-order valence-electron chi connectivity index (χ0n) is 7.83. The standard InChI is InChI=1S/C8H14BrNO3/c1-12-7-6(9)4-3-5-10(7)8(11)13-2/h6-7H,3-5H2,1-2H3. The van der Waals surface area contributed by atoms with Crippen molar-refractivity contribution in [1.29, 1.82) is 0 Å². The quantitative estimate of drug-likeness (QED) is 0.665. The number of nitrogens with zero attached hydrogens (tertiary/aromatic N) is 1. The molecule has 4 nitrogen and oxygen atoms in total. The highest BCUT2D eigenvalue weighted by atomic mass is 79.9. The lowest BCUT2D eigenvalue weighted by Gasteiger charge is -2.36. The highest BCUT2D eigenvalue weighted by Crippen LogP contribution is 2.24. The Hall–Kier alpha value is -0.290. The summed E-state index contributed by atoms with van der Waals surface area (Å²) < 4.78 is 9.87. The van der Waals surface area contributed by atoms with Gasteiger partial charge in [-0.2, -0.15) is 0 Å². The summed E-state index contributed by atoms with van der Waals surface area (Å²) in [5, 5.41) is 0. The van der Waals surface area contributed by atoms with E-state index in [2.05, 4.69) is 20.7 Å². The van der Waals surface area contributed by atoms with Crippen LogP contribution in [0.2, 0.25) is 0 Å². The van der Waals surface area contributed by atoms with E-state index >= 15 is 0 Å². The summed E-state index contributed by atoms with van der Waals surface area (Å²) in [6, 6.07) is 0. The summed E-state index contributed by atoms with van der Waals surface area (Å²) in [6.45, 7) is 0.702. The fourth-order valence-electron chi connectivity index (χ4n) is 1.51. The van der Waals surface area contributed by atoms with Crippen LogP contribution in [0.1, 0.15) is 12.8 Å². The van der Waals surface area contributed by atoms with Crippen molar-refractivity contribution in [2.45, 2.75) is 23.9 Å². The molecule has 13 heavy (non-hydrogen) atoms. The maximum atomic E-state index is 11.3. The number of carbonyl (C=O) groups excluding carboxylic acids is 1. The van der Waals surface area contributed by atoms with E-state index in [0.717, 1.165) is 12.8 Å². The summed E-state index contributed by atoms with van der Waals surface area (Å²) >= 11 is 3.48. The molecule has 1 amide bonds. The number of likely N-dealkylation sites (tertiary alicyclic amines) is 1. The molecule has 0 aliphatic carbocycles. The maximum Gasteiger partial charge on any atom is 0.411 e. The van der Waals surface area contributed by atoms with Gasteiger partial charge in [-0.05, 0) is 12.8 Å². The second kappa shape index (κ2) is 4.81. The SMILES string of the molecule is COC(=O)N1CCCC(Br)C1OC. The fraction of sp³-hybridized carbons (Fsp3) is 0.875. The molecule has 0 saturated carbocycles. The van der Waals surface area contributed by atoms with Gasteiger partial charge in [0, 0.05) is 13.7 Å². The van der Waals surface area contributed by atoms with Crippen LogP contribution in [0.25, 0.3) is 0 Å². The Kier molecular flexibility index (Phi) is 3.99. The molecule has 0 bridgehead atoms. The van der Waals surface area contributed by atoms with Crippen LogP contribution >= 0.6 is 15.9 Å². The van der Waals surface area contributed by atoms with Crippen LogP contribution in [-0.4, -0.2) is 42.8 Å².